The molecular weight excluding hydrogens is 220 g/mol. The van der Waals surface area contributed by atoms with Crippen LogP contribution in [0.3, 0.4) is 0 Å². The second-order valence-corrected chi connectivity index (χ2v) is 4.69. The number of hydrogen-bond acceptors (Lipinski definition) is 2. The van der Waals surface area contributed by atoms with Crippen LogP contribution in [0.5, 0.6) is 0 Å². The van der Waals surface area contributed by atoms with Crippen molar-refractivity contribution in [3.05, 3.63) is 34.3 Å². The zero-order valence-electron chi connectivity index (χ0n) is 10.3. The number of nitrogens with zero attached hydrogens (tertiary/aromatic N) is 1. The lowest BCUT2D eigenvalue weighted by molar-refractivity contribution is 0.225. The Hall–Kier alpha value is -0.570. The van der Waals surface area contributed by atoms with Gasteiger partial charge in [-0.05, 0) is 37.6 Å². The molecule has 3 heteroatoms. The molecule has 90 valence electrons. The second-order valence-electron chi connectivity index (χ2n) is 4.29. The third-order valence-electron chi connectivity index (χ3n) is 2.86. The molecule has 2 N–H and O–H groups in total. The van der Waals surface area contributed by atoms with Crippen LogP contribution in [0.1, 0.15) is 31.9 Å². The summed E-state index contributed by atoms with van der Waals surface area (Å²) in [6, 6.07) is 6.63. The Balaban J connectivity index is 2.80. The fourth-order valence-corrected chi connectivity index (χ4v) is 1.99. The predicted octanol–water partition coefficient (Wildman–Crippen LogP) is 3.03. The molecule has 0 spiro atoms. The summed E-state index contributed by atoms with van der Waals surface area (Å²) in [7, 11) is 0. The lowest BCUT2D eigenvalue weighted by Gasteiger charge is -2.25. The standard InChI is InChI=1S/C13H21ClN2/c1-4-16(10(2)3)9-12-6-5-11(8-15)7-13(12)14/h5-7,10H,4,8-9,15H2,1-3H3. The molecule has 1 aromatic rings. The van der Waals surface area contributed by atoms with Crippen LogP contribution in [0, 0.1) is 0 Å². The van der Waals surface area contributed by atoms with E-state index >= 15 is 0 Å². The summed E-state index contributed by atoms with van der Waals surface area (Å²) in [5, 5.41) is 0.821. The van der Waals surface area contributed by atoms with E-state index in [2.05, 4.69) is 37.8 Å². The minimum atomic E-state index is 0.537. The van der Waals surface area contributed by atoms with Crippen LogP contribution in [-0.2, 0) is 13.1 Å². The van der Waals surface area contributed by atoms with E-state index in [0.29, 0.717) is 12.6 Å². The fourth-order valence-electron chi connectivity index (χ4n) is 1.72. The van der Waals surface area contributed by atoms with Gasteiger partial charge in [0.1, 0.15) is 0 Å². The van der Waals surface area contributed by atoms with Gasteiger partial charge in [0.25, 0.3) is 0 Å². The van der Waals surface area contributed by atoms with E-state index in [1.165, 1.54) is 5.56 Å². The summed E-state index contributed by atoms with van der Waals surface area (Å²) >= 11 is 6.23. The Bertz CT molecular complexity index is 337. The Labute approximate surface area is 103 Å². The molecule has 0 aliphatic rings. The monoisotopic (exact) mass is 240 g/mol. The lowest BCUT2D eigenvalue weighted by atomic mass is 10.1. The molecule has 1 aromatic carbocycles. The highest BCUT2D eigenvalue weighted by Gasteiger charge is 2.10. The maximum atomic E-state index is 6.23. The quantitative estimate of drug-likeness (QED) is 0.857. The van der Waals surface area contributed by atoms with Gasteiger partial charge in [0.05, 0.1) is 0 Å². The van der Waals surface area contributed by atoms with Crippen LogP contribution in [0.2, 0.25) is 5.02 Å². The van der Waals surface area contributed by atoms with Crippen molar-refractivity contribution in [3.63, 3.8) is 0 Å². The number of nitrogens with two attached hydrogens (primary N) is 1. The van der Waals surface area contributed by atoms with Gasteiger partial charge in [0, 0.05) is 24.2 Å². The van der Waals surface area contributed by atoms with E-state index in [1.54, 1.807) is 0 Å². The predicted molar refractivity (Wildman–Crippen MR) is 70.6 cm³/mol. The Morgan fingerprint density at radius 2 is 2.06 bits per heavy atom. The van der Waals surface area contributed by atoms with Crippen molar-refractivity contribution >= 4 is 11.6 Å². The molecule has 0 radical (unpaired) electrons. The first-order valence-corrected chi connectivity index (χ1v) is 6.17. The zero-order valence-corrected chi connectivity index (χ0v) is 11.1. The molecule has 0 saturated carbocycles. The number of benzene rings is 1. The summed E-state index contributed by atoms with van der Waals surface area (Å²) in [6.45, 7) is 9.05. The molecule has 0 atom stereocenters. The van der Waals surface area contributed by atoms with Gasteiger partial charge in [0.15, 0.2) is 0 Å². The normalized spacial score (nSPS) is 11.4. The number of halogens is 1. The SMILES string of the molecule is CCN(Cc1ccc(CN)cc1Cl)C(C)C. The summed E-state index contributed by atoms with van der Waals surface area (Å²) in [4.78, 5) is 2.38. The van der Waals surface area contributed by atoms with Gasteiger partial charge in [-0.1, -0.05) is 30.7 Å². The average Bonchev–Trinajstić information content (AvgIpc) is 2.26. The second kappa shape index (κ2) is 6.24. The van der Waals surface area contributed by atoms with E-state index in [0.717, 1.165) is 23.7 Å². The van der Waals surface area contributed by atoms with Crippen LogP contribution in [0.4, 0.5) is 0 Å². The van der Waals surface area contributed by atoms with E-state index in [9.17, 15) is 0 Å². The van der Waals surface area contributed by atoms with E-state index in [4.69, 9.17) is 17.3 Å². The highest BCUT2D eigenvalue weighted by atomic mass is 35.5. The third kappa shape index (κ3) is 3.48. The lowest BCUT2D eigenvalue weighted by Crippen LogP contribution is -2.30. The molecule has 0 bridgehead atoms. The Kier molecular flexibility index (Phi) is 5.26. The number of hydrogen-bond donors (Lipinski definition) is 1. The maximum absolute atomic E-state index is 6.23. The molecule has 0 aromatic heterocycles. The molecule has 0 fully saturated rings. The third-order valence-corrected chi connectivity index (χ3v) is 3.21. The van der Waals surface area contributed by atoms with Gasteiger partial charge in [-0.25, -0.2) is 0 Å². The van der Waals surface area contributed by atoms with Crippen LogP contribution in [0.15, 0.2) is 18.2 Å². The molecule has 0 heterocycles. The smallest absolute Gasteiger partial charge is 0.0454 e. The van der Waals surface area contributed by atoms with Gasteiger partial charge in [-0.2, -0.15) is 0 Å². The van der Waals surface area contributed by atoms with Gasteiger partial charge in [-0.3, -0.25) is 4.90 Å². The van der Waals surface area contributed by atoms with Crippen molar-refractivity contribution in [1.29, 1.82) is 0 Å². The van der Waals surface area contributed by atoms with Crippen LogP contribution in [-0.4, -0.2) is 17.5 Å². The zero-order chi connectivity index (χ0) is 12.1. The van der Waals surface area contributed by atoms with Crippen LogP contribution >= 0.6 is 11.6 Å². The first-order chi connectivity index (χ1) is 7.58. The molecule has 0 aliphatic carbocycles. The first kappa shape index (κ1) is 13.5. The highest BCUT2D eigenvalue weighted by Crippen LogP contribution is 2.20. The summed E-state index contributed by atoms with van der Waals surface area (Å²) in [5.41, 5.74) is 7.84. The van der Waals surface area contributed by atoms with Crippen molar-refractivity contribution in [1.82, 2.24) is 4.90 Å². The first-order valence-electron chi connectivity index (χ1n) is 5.79. The van der Waals surface area contributed by atoms with Crippen molar-refractivity contribution in [2.45, 2.75) is 39.9 Å². The molecule has 0 amide bonds. The summed E-state index contributed by atoms with van der Waals surface area (Å²) in [6.07, 6.45) is 0. The molecule has 16 heavy (non-hydrogen) atoms. The van der Waals surface area contributed by atoms with Crippen molar-refractivity contribution in [3.8, 4) is 0 Å². The van der Waals surface area contributed by atoms with Crippen LogP contribution < -0.4 is 5.73 Å². The van der Waals surface area contributed by atoms with E-state index in [-0.39, 0.29) is 0 Å². The maximum Gasteiger partial charge on any atom is 0.0454 e. The van der Waals surface area contributed by atoms with Crippen molar-refractivity contribution < 1.29 is 0 Å². The van der Waals surface area contributed by atoms with Crippen molar-refractivity contribution in [2.24, 2.45) is 5.73 Å². The number of rotatable bonds is 5. The molecule has 0 unspecified atom stereocenters. The Morgan fingerprint density at radius 1 is 1.38 bits per heavy atom. The molecule has 0 aliphatic heterocycles. The van der Waals surface area contributed by atoms with Crippen molar-refractivity contribution in [2.75, 3.05) is 6.54 Å². The van der Waals surface area contributed by atoms with Gasteiger partial charge >= 0.3 is 0 Å². The molecule has 2 nitrogen and oxygen atoms in total. The van der Waals surface area contributed by atoms with E-state index < -0.39 is 0 Å². The van der Waals surface area contributed by atoms with E-state index in [1.807, 2.05) is 6.07 Å². The largest absolute Gasteiger partial charge is 0.326 e. The molecular formula is C13H21ClN2. The van der Waals surface area contributed by atoms with Gasteiger partial charge < -0.3 is 5.73 Å². The highest BCUT2D eigenvalue weighted by molar-refractivity contribution is 6.31. The Morgan fingerprint density at radius 3 is 2.50 bits per heavy atom. The molecule has 1 rings (SSSR count). The fraction of sp³-hybridized carbons (Fsp3) is 0.538. The van der Waals surface area contributed by atoms with Gasteiger partial charge in [0.2, 0.25) is 0 Å². The summed E-state index contributed by atoms with van der Waals surface area (Å²) in [5.74, 6) is 0. The molecule has 0 saturated heterocycles. The minimum absolute atomic E-state index is 0.537. The van der Waals surface area contributed by atoms with Gasteiger partial charge in [-0.15, -0.1) is 0 Å². The summed E-state index contributed by atoms with van der Waals surface area (Å²) < 4.78 is 0. The van der Waals surface area contributed by atoms with Crippen LogP contribution in [0.25, 0.3) is 0 Å². The average molecular weight is 241 g/mol. The minimum Gasteiger partial charge on any atom is -0.326 e. The topological polar surface area (TPSA) is 29.3 Å².